The summed E-state index contributed by atoms with van der Waals surface area (Å²) in [7, 11) is 0. The van der Waals surface area contributed by atoms with Gasteiger partial charge in [0.2, 0.25) is 0 Å². The summed E-state index contributed by atoms with van der Waals surface area (Å²) < 4.78 is 13.3. The van der Waals surface area contributed by atoms with Crippen LogP contribution in [0.25, 0.3) is 0 Å². The third-order valence-electron chi connectivity index (χ3n) is 2.98. The van der Waals surface area contributed by atoms with E-state index < -0.39 is 16.3 Å². The predicted octanol–water partition coefficient (Wildman–Crippen LogP) is 2.70. The molecule has 0 saturated carbocycles. The molecule has 5 nitrogen and oxygen atoms in total. The molecular weight excluding hydrogens is 239 g/mol. The first kappa shape index (κ1) is 14.4. The van der Waals surface area contributed by atoms with E-state index in [-0.39, 0.29) is 12.3 Å². The van der Waals surface area contributed by atoms with E-state index >= 15 is 0 Å². The number of nitro groups is 1. The van der Waals surface area contributed by atoms with Crippen LogP contribution in [0.2, 0.25) is 0 Å². The van der Waals surface area contributed by atoms with Crippen LogP contribution in [0.15, 0.2) is 18.2 Å². The van der Waals surface area contributed by atoms with Crippen molar-refractivity contribution in [3.05, 3.63) is 34.1 Å². The summed E-state index contributed by atoms with van der Waals surface area (Å²) in [6.45, 7) is 3.80. The number of hydrogen-bond donors (Lipinski definition) is 2. The number of nitro benzene ring substituents is 1. The van der Waals surface area contributed by atoms with Gasteiger partial charge in [0.25, 0.3) is 5.69 Å². The third kappa shape index (κ3) is 3.66. The Morgan fingerprint density at radius 1 is 1.50 bits per heavy atom. The van der Waals surface area contributed by atoms with Crippen molar-refractivity contribution >= 4 is 11.4 Å². The molecule has 1 rings (SSSR count). The molecule has 0 aliphatic heterocycles. The van der Waals surface area contributed by atoms with Crippen molar-refractivity contribution < 1.29 is 14.4 Å². The zero-order valence-corrected chi connectivity index (χ0v) is 10.4. The van der Waals surface area contributed by atoms with E-state index in [1.54, 1.807) is 0 Å². The summed E-state index contributed by atoms with van der Waals surface area (Å²) >= 11 is 0. The molecule has 0 aliphatic carbocycles. The van der Waals surface area contributed by atoms with Gasteiger partial charge in [-0.3, -0.25) is 10.1 Å². The molecule has 1 aromatic rings. The number of nitrogens with zero attached hydrogens (tertiary/aromatic N) is 1. The van der Waals surface area contributed by atoms with Crippen LogP contribution in [0.1, 0.15) is 26.7 Å². The van der Waals surface area contributed by atoms with E-state index in [0.29, 0.717) is 18.5 Å². The van der Waals surface area contributed by atoms with Gasteiger partial charge in [-0.1, -0.05) is 6.92 Å². The van der Waals surface area contributed by atoms with Crippen LogP contribution < -0.4 is 5.32 Å². The fourth-order valence-corrected chi connectivity index (χ4v) is 1.67. The summed E-state index contributed by atoms with van der Waals surface area (Å²) in [5.41, 5.74) is -0.365. The number of benzene rings is 1. The van der Waals surface area contributed by atoms with Gasteiger partial charge in [-0.15, -0.1) is 0 Å². The summed E-state index contributed by atoms with van der Waals surface area (Å²) in [5, 5.41) is 22.7. The Morgan fingerprint density at radius 3 is 2.67 bits per heavy atom. The molecule has 1 aromatic carbocycles. The van der Waals surface area contributed by atoms with Crippen molar-refractivity contribution in [3.8, 4) is 0 Å². The standard InChI is InChI=1S/C12H17FN2O3/c1-3-12(2,4-5-16)14-10-6-9(13)7-11(8-10)15(17)18/h6-8,14,16H,3-5H2,1-2H3. The second-order valence-corrected chi connectivity index (χ2v) is 4.47. The van der Waals surface area contributed by atoms with Gasteiger partial charge in [0.15, 0.2) is 0 Å². The lowest BCUT2D eigenvalue weighted by Crippen LogP contribution is -2.35. The second kappa shape index (κ2) is 5.77. The fourth-order valence-electron chi connectivity index (χ4n) is 1.67. The van der Waals surface area contributed by atoms with Gasteiger partial charge < -0.3 is 10.4 Å². The molecule has 1 unspecified atom stereocenters. The minimum absolute atomic E-state index is 0.00521. The van der Waals surface area contributed by atoms with E-state index in [1.165, 1.54) is 12.1 Å². The van der Waals surface area contributed by atoms with Crippen LogP contribution in [0, 0.1) is 15.9 Å². The highest BCUT2D eigenvalue weighted by molar-refractivity contribution is 5.53. The third-order valence-corrected chi connectivity index (χ3v) is 2.98. The van der Waals surface area contributed by atoms with Crippen LogP contribution in [-0.4, -0.2) is 22.2 Å². The maximum Gasteiger partial charge on any atom is 0.274 e. The highest BCUT2D eigenvalue weighted by atomic mass is 19.1. The number of halogens is 1. The predicted molar refractivity (Wildman–Crippen MR) is 67.1 cm³/mol. The van der Waals surface area contributed by atoms with Gasteiger partial charge in [0, 0.05) is 23.9 Å². The van der Waals surface area contributed by atoms with E-state index in [4.69, 9.17) is 5.11 Å². The molecule has 100 valence electrons. The van der Waals surface area contributed by atoms with Gasteiger partial charge in [-0.2, -0.15) is 0 Å². The monoisotopic (exact) mass is 256 g/mol. The molecule has 6 heteroatoms. The van der Waals surface area contributed by atoms with Crippen molar-refractivity contribution in [1.29, 1.82) is 0 Å². The van der Waals surface area contributed by atoms with Crippen molar-refractivity contribution in [1.82, 2.24) is 0 Å². The minimum Gasteiger partial charge on any atom is -0.396 e. The molecule has 0 radical (unpaired) electrons. The summed E-state index contributed by atoms with van der Waals surface area (Å²) in [6, 6.07) is 3.37. The fraction of sp³-hybridized carbons (Fsp3) is 0.500. The number of hydrogen-bond acceptors (Lipinski definition) is 4. The van der Waals surface area contributed by atoms with Crippen molar-refractivity contribution in [2.45, 2.75) is 32.2 Å². The Labute approximate surface area is 105 Å². The molecule has 0 aliphatic rings. The topological polar surface area (TPSA) is 75.4 Å². The summed E-state index contributed by atoms with van der Waals surface area (Å²) in [4.78, 5) is 10.0. The Kier molecular flexibility index (Phi) is 4.61. The zero-order valence-electron chi connectivity index (χ0n) is 10.4. The van der Waals surface area contributed by atoms with E-state index in [9.17, 15) is 14.5 Å². The van der Waals surface area contributed by atoms with Crippen LogP contribution >= 0.6 is 0 Å². The van der Waals surface area contributed by atoms with Crippen LogP contribution in [0.4, 0.5) is 15.8 Å². The zero-order chi connectivity index (χ0) is 13.8. The average Bonchev–Trinajstić information content (AvgIpc) is 2.28. The maximum atomic E-state index is 13.3. The Morgan fingerprint density at radius 2 is 2.17 bits per heavy atom. The van der Waals surface area contributed by atoms with E-state index in [0.717, 1.165) is 6.07 Å². The summed E-state index contributed by atoms with van der Waals surface area (Å²) in [5.74, 6) is -0.658. The van der Waals surface area contributed by atoms with E-state index in [1.807, 2.05) is 13.8 Å². The van der Waals surface area contributed by atoms with Gasteiger partial charge in [0.1, 0.15) is 5.82 Å². The lowest BCUT2D eigenvalue weighted by Gasteiger charge is -2.30. The maximum absolute atomic E-state index is 13.3. The molecule has 0 aromatic heterocycles. The Hall–Kier alpha value is -1.69. The van der Waals surface area contributed by atoms with Crippen molar-refractivity contribution in [2.75, 3.05) is 11.9 Å². The van der Waals surface area contributed by atoms with Crippen LogP contribution in [-0.2, 0) is 0 Å². The Bertz CT molecular complexity index is 439. The van der Waals surface area contributed by atoms with Crippen molar-refractivity contribution in [3.63, 3.8) is 0 Å². The highest BCUT2D eigenvalue weighted by Gasteiger charge is 2.22. The van der Waals surface area contributed by atoms with Gasteiger partial charge in [-0.05, 0) is 25.8 Å². The quantitative estimate of drug-likeness (QED) is 0.606. The first-order valence-electron chi connectivity index (χ1n) is 5.74. The molecule has 0 saturated heterocycles. The van der Waals surface area contributed by atoms with Gasteiger partial charge in [0.05, 0.1) is 11.0 Å². The van der Waals surface area contributed by atoms with Crippen LogP contribution in [0.5, 0.6) is 0 Å². The molecule has 0 bridgehead atoms. The lowest BCUT2D eigenvalue weighted by atomic mass is 9.94. The Balaban J connectivity index is 2.99. The largest absolute Gasteiger partial charge is 0.396 e. The SMILES string of the molecule is CCC(C)(CCO)Nc1cc(F)cc([N+](=O)[O-])c1. The highest BCUT2D eigenvalue weighted by Crippen LogP contribution is 2.25. The first-order valence-corrected chi connectivity index (χ1v) is 5.74. The molecule has 1 atom stereocenters. The van der Waals surface area contributed by atoms with E-state index in [2.05, 4.69) is 5.32 Å². The number of aliphatic hydroxyl groups excluding tert-OH is 1. The number of rotatable bonds is 6. The minimum atomic E-state index is -0.658. The second-order valence-electron chi connectivity index (χ2n) is 4.47. The smallest absolute Gasteiger partial charge is 0.274 e. The molecular formula is C12H17FN2O3. The molecule has 0 heterocycles. The number of aliphatic hydroxyl groups is 1. The normalized spacial score (nSPS) is 14.0. The average molecular weight is 256 g/mol. The molecule has 0 amide bonds. The van der Waals surface area contributed by atoms with Crippen LogP contribution in [0.3, 0.4) is 0 Å². The number of nitrogens with one attached hydrogen (secondary N) is 1. The summed E-state index contributed by atoms with van der Waals surface area (Å²) in [6.07, 6.45) is 1.19. The first-order chi connectivity index (χ1) is 8.40. The molecule has 2 N–H and O–H groups in total. The molecule has 0 fully saturated rings. The lowest BCUT2D eigenvalue weighted by molar-refractivity contribution is -0.385. The molecule has 18 heavy (non-hydrogen) atoms. The van der Waals surface area contributed by atoms with Gasteiger partial charge >= 0.3 is 0 Å². The molecule has 0 spiro atoms. The number of anilines is 1. The van der Waals surface area contributed by atoms with Gasteiger partial charge in [-0.25, -0.2) is 4.39 Å². The number of non-ortho nitro benzene ring substituents is 1. The van der Waals surface area contributed by atoms with Crippen molar-refractivity contribution in [2.24, 2.45) is 0 Å².